The molecule has 4 aromatic rings. The molecule has 0 aliphatic carbocycles. The van der Waals surface area contributed by atoms with Crippen LogP contribution in [0.2, 0.25) is 0 Å². The van der Waals surface area contributed by atoms with E-state index in [-0.39, 0.29) is 5.56 Å². The molecule has 0 bridgehead atoms. The minimum atomic E-state index is -0.194. The normalized spacial score (nSPS) is 10.9. The standard InChI is InChI=1S/C22H19N3O3S/c1-27-16-9-10-19(28-2)17(12-16)18-11-14-13-23-22(29-3)24-20(14)25(21(18)26)15-7-5-4-6-8-15/h4-13H,1-3H3. The highest BCUT2D eigenvalue weighted by Crippen LogP contribution is 2.33. The molecule has 0 aliphatic rings. The van der Waals surface area contributed by atoms with Gasteiger partial charge in [-0.1, -0.05) is 30.0 Å². The quantitative estimate of drug-likeness (QED) is 0.366. The van der Waals surface area contributed by atoms with Gasteiger partial charge in [-0.15, -0.1) is 0 Å². The first-order valence-electron chi connectivity index (χ1n) is 8.91. The summed E-state index contributed by atoms with van der Waals surface area (Å²) in [5, 5.41) is 1.36. The van der Waals surface area contributed by atoms with E-state index in [1.54, 1.807) is 49.2 Å². The highest BCUT2D eigenvalue weighted by molar-refractivity contribution is 7.98. The van der Waals surface area contributed by atoms with Crippen LogP contribution in [0, 0.1) is 0 Å². The van der Waals surface area contributed by atoms with Crippen molar-refractivity contribution < 1.29 is 9.47 Å². The van der Waals surface area contributed by atoms with Crippen LogP contribution < -0.4 is 15.0 Å². The van der Waals surface area contributed by atoms with Crippen molar-refractivity contribution in [3.8, 4) is 28.3 Å². The van der Waals surface area contributed by atoms with E-state index in [1.165, 1.54) is 11.8 Å². The first kappa shape index (κ1) is 19.0. The average Bonchev–Trinajstić information content (AvgIpc) is 2.78. The van der Waals surface area contributed by atoms with Crippen molar-refractivity contribution in [3.05, 3.63) is 71.1 Å². The molecule has 0 N–H and O–H groups in total. The summed E-state index contributed by atoms with van der Waals surface area (Å²) in [4.78, 5) is 22.6. The summed E-state index contributed by atoms with van der Waals surface area (Å²) in [5.41, 5.74) is 2.24. The van der Waals surface area contributed by atoms with Gasteiger partial charge >= 0.3 is 0 Å². The third-order valence-corrected chi connectivity index (χ3v) is 5.17. The second-order valence-corrected chi connectivity index (χ2v) is 7.01. The molecule has 0 saturated heterocycles. The summed E-state index contributed by atoms with van der Waals surface area (Å²) in [6, 6.07) is 16.7. The van der Waals surface area contributed by atoms with Crippen molar-refractivity contribution in [2.24, 2.45) is 0 Å². The number of methoxy groups -OCH3 is 2. The van der Waals surface area contributed by atoms with E-state index in [4.69, 9.17) is 9.47 Å². The van der Waals surface area contributed by atoms with E-state index in [9.17, 15) is 4.79 Å². The zero-order valence-electron chi connectivity index (χ0n) is 16.2. The van der Waals surface area contributed by atoms with Crippen molar-refractivity contribution in [3.63, 3.8) is 0 Å². The van der Waals surface area contributed by atoms with Gasteiger partial charge in [-0.05, 0) is 42.7 Å². The SMILES string of the molecule is COc1ccc(OC)c(-c2cc3cnc(SC)nc3n(-c3ccccc3)c2=O)c1. The van der Waals surface area contributed by atoms with Crippen molar-refractivity contribution >= 4 is 22.8 Å². The molecule has 6 nitrogen and oxygen atoms in total. The Morgan fingerprint density at radius 1 is 0.966 bits per heavy atom. The summed E-state index contributed by atoms with van der Waals surface area (Å²) < 4.78 is 12.5. The number of hydrogen-bond acceptors (Lipinski definition) is 6. The number of nitrogens with zero attached hydrogens (tertiary/aromatic N) is 3. The average molecular weight is 405 g/mol. The Morgan fingerprint density at radius 2 is 1.76 bits per heavy atom. The number of para-hydroxylation sites is 1. The third kappa shape index (κ3) is 3.45. The van der Waals surface area contributed by atoms with E-state index in [0.717, 1.165) is 11.1 Å². The zero-order chi connectivity index (χ0) is 20.4. The second-order valence-electron chi connectivity index (χ2n) is 6.24. The molecular formula is C22H19N3O3S. The molecule has 2 aromatic heterocycles. The van der Waals surface area contributed by atoms with Gasteiger partial charge in [-0.25, -0.2) is 9.97 Å². The fraction of sp³-hybridized carbons (Fsp3) is 0.136. The van der Waals surface area contributed by atoms with Crippen LogP contribution in [0.15, 0.2) is 70.7 Å². The van der Waals surface area contributed by atoms with Gasteiger partial charge in [-0.2, -0.15) is 0 Å². The van der Waals surface area contributed by atoms with Gasteiger partial charge in [0.25, 0.3) is 5.56 Å². The van der Waals surface area contributed by atoms with E-state index in [0.29, 0.717) is 33.4 Å². The Kier molecular flexibility index (Phi) is 5.22. The monoisotopic (exact) mass is 405 g/mol. The number of benzene rings is 2. The smallest absolute Gasteiger partial charge is 0.264 e. The molecule has 0 aliphatic heterocycles. The summed E-state index contributed by atoms with van der Waals surface area (Å²) in [7, 11) is 3.17. The molecule has 4 rings (SSSR count). The lowest BCUT2D eigenvalue weighted by molar-refractivity contribution is 0.404. The van der Waals surface area contributed by atoms with E-state index >= 15 is 0 Å². The van der Waals surface area contributed by atoms with Crippen molar-refractivity contribution in [1.29, 1.82) is 0 Å². The molecule has 7 heteroatoms. The predicted octanol–water partition coefficient (Wildman–Crippen LogP) is 4.19. The number of ether oxygens (including phenoxy) is 2. The Labute approximate surface area is 172 Å². The molecule has 0 unspecified atom stereocenters. The fourth-order valence-electron chi connectivity index (χ4n) is 3.21. The summed E-state index contributed by atoms with van der Waals surface area (Å²) in [6.07, 6.45) is 3.64. The van der Waals surface area contributed by atoms with Crippen LogP contribution in [0.25, 0.3) is 27.8 Å². The van der Waals surface area contributed by atoms with Crippen molar-refractivity contribution in [2.75, 3.05) is 20.5 Å². The Morgan fingerprint density at radius 3 is 2.45 bits per heavy atom. The molecular weight excluding hydrogens is 386 g/mol. The van der Waals surface area contributed by atoms with Crippen LogP contribution in [0.3, 0.4) is 0 Å². The predicted molar refractivity (Wildman–Crippen MR) is 115 cm³/mol. The first-order valence-corrected chi connectivity index (χ1v) is 10.1. The topological polar surface area (TPSA) is 66.2 Å². The minimum absolute atomic E-state index is 0.194. The van der Waals surface area contributed by atoms with Crippen molar-refractivity contribution in [2.45, 2.75) is 5.16 Å². The molecule has 0 amide bonds. The van der Waals surface area contributed by atoms with Crippen molar-refractivity contribution in [1.82, 2.24) is 14.5 Å². The van der Waals surface area contributed by atoms with Gasteiger partial charge in [-0.3, -0.25) is 9.36 Å². The molecule has 0 radical (unpaired) electrons. The Balaban J connectivity index is 2.11. The summed E-state index contributed by atoms with van der Waals surface area (Å²) >= 11 is 1.43. The molecule has 146 valence electrons. The van der Waals surface area contributed by atoms with Gasteiger partial charge in [0, 0.05) is 17.1 Å². The zero-order valence-corrected chi connectivity index (χ0v) is 17.1. The largest absolute Gasteiger partial charge is 0.497 e. The molecule has 2 aromatic carbocycles. The maximum absolute atomic E-state index is 13.7. The van der Waals surface area contributed by atoms with Crippen LogP contribution in [-0.2, 0) is 0 Å². The number of fused-ring (bicyclic) bond motifs is 1. The first-order chi connectivity index (χ1) is 14.2. The van der Waals surface area contributed by atoms with Gasteiger partial charge in [0.1, 0.15) is 11.5 Å². The summed E-state index contributed by atoms with van der Waals surface area (Å²) in [6.45, 7) is 0. The Hall–Kier alpha value is -3.32. The highest BCUT2D eigenvalue weighted by Gasteiger charge is 2.18. The Bertz CT molecular complexity index is 1240. The maximum Gasteiger partial charge on any atom is 0.264 e. The molecule has 2 heterocycles. The highest BCUT2D eigenvalue weighted by atomic mass is 32.2. The number of pyridine rings is 1. The minimum Gasteiger partial charge on any atom is -0.497 e. The van der Waals surface area contributed by atoms with Crippen LogP contribution in [-0.4, -0.2) is 35.0 Å². The lowest BCUT2D eigenvalue weighted by Crippen LogP contribution is -2.21. The van der Waals surface area contributed by atoms with Gasteiger partial charge in [0.05, 0.1) is 25.5 Å². The molecule has 0 spiro atoms. The number of hydrogen-bond donors (Lipinski definition) is 0. The molecule has 0 saturated carbocycles. The number of rotatable bonds is 5. The fourth-order valence-corrected chi connectivity index (χ4v) is 3.55. The van der Waals surface area contributed by atoms with Crippen LogP contribution >= 0.6 is 11.8 Å². The van der Waals surface area contributed by atoms with Gasteiger partial charge in [0.2, 0.25) is 0 Å². The van der Waals surface area contributed by atoms with Gasteiger partial charge in [0.15, 0.2) is 10.8 Å². The van der Waals surface area contributed by atoms with Crippen LogP contribution in [0.5, 0.6) is 11.5 Å². The van der Waals surface area contributed by atoms with Crippen LogP contribution in [0.1, 0.15) is 0 Å². The lowest BCUT2D eigenvalue weighted by atomic mass is 10.0. The van der Waals surface area contributed by atoms with Crippen LogP contribution in [0.4, 0.5) is 0 Å². The maximum atomic E-state index is 13.7. The van der Waals surface area contributed by atoms with E-state index < -0.39 is 0 Å². The molecule has 0 fully saturated rings. The number of thioether (sulfide) groups is 1. The van der Waals surface area contributed by atoms with E-state index in [1.807, 2.05) is 36.6 Å². The third-order valence-electron chi connectivity index (χ3n) is 4.61. The number of aromatic nitrogens is 3. The summed E-state index contributed by atoms with van der Waals surface area (Å²) in [5.74, 6) is 1.23. The lowest BCUT2D eigenvalue weighted by Gasteiger charge is -2.15. The molecule has 29 heavy (non-hydrogen) atoms. The molecule has 0 atom stereocenters. The van der Waals surface area contributed by atoms with Gasteiger partial charge < -0.3 is 9.47 Å². The second kappa shape index (κ2) is 7.97. The van der Waals surface area contributed by atoms with E-state index in [2.05, 4.69) is 9.97 Å².